The quantitative estimate of drug-likeness (QED) is 0.621. The van der Waals surface area contributed by atoms with Gasteiger partial charge in [-0.05, 0) is 43.7 Å². The number of nitrogens with one attached hydrogen (secondary N) is 1. The monoisotopic (exact) mass is 354 g/mol. The summed E-state index contributed by atoms with van der Waals surface area (Å²) in [4.78, 5) is 0. The van der Waals surface area contributed by atoms with E-state index in [2.05, 4.69) is 12.2 Å². The van der Waals surface area contributed by atoms with Crippen molar-refractivity contribution in [2.45, 2.75) is 38.9 Å². The van der Waals surface area contributed by atoms with E-state index < -0.39 is 11.7 Å². The normalized spacial score (nSPS) is 11.8. The van der Waals surface area contributed by atoms with Gasteiger partial charge in [0.25, 0.3) is 0 Å². The first kappa shape index (κ1) is 19.5. The number of benzene rings is 1. The van der Waals surface area contributed by atoms with Crippen molar-refractivity contribution < 1.29 is 17.9 Å². The van der Waals surface area contributed by atoms with E-state index in [0.29, 0.717) is 13.2 Å². The van der Waals surface area contributed by atoms with E-state index in [0.717, 1.165) is 44.2 Å². The summed E-state index contributed by atoms with van der Waals surface area (Å²) < 4.78 is 46.7. The lowest BCUT2D eigenvalue weighted by molar-refractivity contribution is -0.137. The molecule has 0 aliphatic carbocycles. The highest BCUT2D eigenvalue weighted by Gasteiger charge is 2.33. The number of halogens is 3. The first-order valence-corrected chi connectivity index (χ1v) is 8.65. The van der Waals surface area contributed by atoms with Gasteiger partial charge in [-0.1, -0.05) is 25.5 Å². The summed E-state index contributed by atoms with van der Waals surface area (Å²) in [6, 6.07) is 9.23. The van der Waals surface area contributed by atoms with Crippen LogP contribution in [0.4, 0.5) is 13.2 Å². The van der Waals surface area contributed by atoms with Gasteiger partial charge in [0, 0.05) is 31.6 Å². The van der Waals surface area contributed by atoms with Crippen LogP contribution >= 0.6 is 0 Å². The average molecular weight is 354 g/mol. The van der Waals surface area contributed by atoms with Crippen LogP contribution in [-0.4, -0.2) is 24.3 Å². The average Bonchev–Trinajstić information content (AvgIpc) is 3.05. The highest BCUT2D eigenvalue weighted by Crippen LogP contribution is 2.34. The third-order valence-corrected chi connectivity index (χ3v) is 3.89. The predicted octanol–water partition coefficient (Wildman–Crippen LogP) is 4.79. The Morgan fingerprint density at radius 1 is 1.04 bits per heavy atom. The lowest BCUT2D eigenvalue weighted by Crippen LogP contribution is -2.19. The molecule has 2 aromatic rings. The van der Waals surface area contributed by atoms with E-state index >= 15 is 0 Å². The van der Waals surface area contributed by atoms with Crippen molar-refractivity contribution in [2.24, 2.45) is 0 Å². The lowest BCUT2D eigenvalue weighted by atomic mass is 10.1. The number of ether oxygens (including phenoxy) is 1. The third kappa shape index (κ3) is 5.90. The van der Waals surface area contributed by atoms with Gasteiger partial charge in [-0.3, -0.25) is 0 Å². The Morgan fingerprint density at radius 3 is 2.56 bits per heavy atom. The molecule has 0 aliphatic heterocycles. The first-order chi connectivity index (χ1) is 12.0. The van der Waals surface area contributed by atoms with Gasteiger partial charge in [0.1, 0.15) is 0 Å². The summed E-state index contributed by atoms with van der Waals surface area (Å²) in [5, 5.41) is 3.26. The van der Waals surface area contributed by atoms with Crippen molar-refractivity contribution in [3.8, 4) is 5.69 Å². The molecule has 0 aliphatic rings. The number of alkyl halides is 3. The smallest absolute Gasteiger partial charge is 0.381 e. The van der Waals surface area contributed by atoms with Crippen molar-refractivity contribution in [2.75, 3.05) is 19.8 Å². The van der Waals surface area contributed by atoms with Crippen LogP contribution in [0.2, 0.25) is 0 Å². The number of para-hydroxylation sites is 1. The van der Waals surface area contributed by atoms with E-state index in [1.165, 1.54) is 12.1 Å². The molecule has 138 valence electrons. The van der Waals surface area contributed by atoms with Crippen molar-refractivity contribution in [3.05, 3.63) is 53.9 Å². The van der Waals surface area contributed by atoms with Gasteiger partial charge in [0.05, 0.1) is 11.3 Å². The fraction of sp³-hybridized carbons (Fsp3) is 0.474. The molecule has 3 nitrogen and oxygen atoms in total. The molecule has 0 atom stereocenters. The number of nitrogens with zero attached hydrogens (tertiary/aromatic N) is 1. The topological polar surface area (TPSA) is 26.2 Å². The molecule has 0 saturated heterocycles. The molecular weight excluding hydrogens is 329 g/mol. The van der Waals surface area contributed by atoms with Crippen molar-refractivity contribution in [1.82, 2.24) is 9.88 Å². The summed E-state index contributed by atoms with van der Waals surface area (Å²) in [5.74, 6) is 0. The standard InChI is InChI=1S/C19H25F3N2O/c1-2-3-13-25-14-7-11-23-15-16-8-6-12-24(16)18-10-5-4-9-17(18)19(20,21)22/h4-6,8-10,12,23H,2-3,7,11,13-15H2,1H3. The van der Waals surface area contributed by atoms with Crippen LogP contribution < -0.4 is 5.32 Å². The molecule has 0 saturated carbocycles. The molecule has 1 aromatic heterocycles. The number of hydrogen-bond acceptors (Lipinski definition) is 2. The summed E-state index contributed by atoms with van der Waals surface area (Å²) in [6.07, 6.45) is 0.356. The minimum Gasteiger partial charge on any atom is -0.381 e. The molecule has 0 amide bonds. The molecule has 0 unspecified atom stereocenters. The van der Waals surface area contributed by atoms with Gasteiger partial charge >= 0.3 is 6.18 Å². The minimum atomic E-state index is -4.37. The van der Waals surface area contributed by atoms with Gasteiger partial charge in [0.2, 0.25) is 0 Å². The second-order valence-corrected chi connectivity index (χ2v) is 5.88. The van der Waals surface area contributed by atoms with E-state index in [1.54, 1.807) is 22.9 Å². The van der Waals surface area contributed by atoms with Crippen molar-refractivity contribution >= 4 is 0 Å². The summed E-state index contributed by atoms with van der Waals surface area (Å²) >= 11 is 0. The van der Waals surface area contributed by atoms with Gasteiger partial charge in [-0.25, -0.2) is 0 Å². The molecule has 0 radical (unpaired) electrons. The maximum absolute atomic E-state index is 13.2. The zero-order valence-electron chi connectivity index (χ0n) is 14.5. The van der Waals surface area contributed by atoms with E-state index in [1.807, 2.05) is 6.07 Å². The van der Waals surface area contributed by atoms with E-state index in [4.69, 9.17) is 4.74 Å². The van der Waals surface area contributed by atoms with Gasteiger partial charge in [0.15, 0.2) is 0 Å². The molecule has 0 bridgehead atoms. The molecular formula is C19H25F3N2O. The predicted molar refractivity (Wildman–Crippen MR) is 92.8 cm³/mol. The highest BCUT2D eigenvalue weighted by molar-refractivity contribution is 5.44. The van der Waals surface area contributed by atoms with Crippen LogP contribution in [0.1, 0.15) is 37.4 Å². The van der Waals surface area contributed by atoms with Gasteiger partial charge < -0.3 is 14.6 Å². The number of unbranched alkanes of at least 4 members (excludes halogenated alkanes) is 1. The second-order valence-electron chi connectivity index (χ2n) is 5.88. The number of aromatic nitrogens is 1. The highest BCUT2D eigenvalue weighted by atomic mass is 19.4. The Bertz CT molecular complexity index is 638. The van der Waals surface area contributed by atoms with Gasteiger partial charge in [-0.15, -0.1) is 0 Å². The summed E-state index contributed by atoms with van der Waals surface area (Å²) in [6.45, 7) is 4.88. The van der Waals surface area contributed by atoms with Crippen molar-refractivity contribution in [3.63, 3.8) is 0 Å². The summed E-state index contributed by atoms with van der Waals surface area (Å²) in [5.41, 5.74) is 0.320. The van der Waals surface area contributed by atoms with Crippen LogP contribution in [0.3, 0.4) is 0 Å². The largest absolute Gasteiger partial charge is 0.418 e. The fourth-order valence-corrected chi connectivity index (χ4v) is 2.58. The van der Waals surface area contributed by atoms with Gasteiger partial charge in [-0.2, -0.15) is 13.2 Å². The molecule has 1 aromatic carbocycles. The second kappa shape index (κ2) is 9.63. The Morgan fingerprint density at radius 2 is 1.80 bits per heavy atom. The Kier molecular flexibility index (Phi) is 7.52. The Balaban J connectivity index is 1.91. The fourth-order valence-electron chi connectivity index (χ4n) is 2.58. The molecule has 1 heterocycles. The number of hydrogen-bond donors (Lipinski definition) is 1. The van der Waals surface area contributed by atoms with Crippen LogP contribution in [0.5, 0.6) is 0 Å². The maximum Gasteiger partial charge on any atom is 0.418 e. The molecule has 1 N–H and O–H groups in total. The first-order valence-electron chi connectivity index (χ1n) is 8.65. The Hall–Kier alpha value is -1.79. The third-order valence-electron chi connectivity index (χ3n) is 3.89. The van der Waals surface area contributed by atoms with Crippen LogP contribution in [0, 0.1) is 0 Å². The van der Waals surface area contributed by atoms with Crippen LogP contribution in [-0.2, 0) is 17.5 Å². The zero-order chi connectivity index (χ0) is 18.1. The van der Waals surface area contributed by atoms with Crippen molar-refractivity contribution in [1.29, 1.82) is 0 Å². The Labute approximate surface area is 146 Å². The van der Waals surface area contributed by atoms with E-state index in [9.17, 15) is 13.2 Å². The van der Waals surface area contributed by atoms with E-state index in [-0.39, 0.29) is 5.69 Å². The molecule has 0 spiro atoms. The zero-order valence-corrected chi connectivity index (χ0v) is 14.5. The molecule has 6 heteroatoms. The van der Waals surface area contributed by atoms with Crippen LogP contribution in [0.25, 0.3) is 5.69 Å². The molecule has 2 rings (SSSR count). The minimum absolute atomic E-state index is 0.152. The summed E-state index contributed by atoms with van der Waals surface area (Å²) in [7, 11) is 0. The maximum atomic E-state index is 13.2. The SMILES string of the molecule is CCCCOCCCNCc1cccn1-c1ccccc1C(F)(F)F. The lowest BCUT2D eigenvalue weighted by Gasteiger charge is -2.16. The van der Waals surface area contributed by atoms with Crippen LogP contribution in [0.15, 0.2) is 42.6 Å². The molecule has 25 heavy (non-hydrogen) atoms. The molecule has 0 fully saturated rings. The number of rotatable bonds is 10.